The van der Waals surface area contributed by atoms with Gasteiger partial charge in [-0.2, -0.15) is 5.10 Å². The van der Waals surface area contributed by atoms with E-state index in [1.54, 1.807) is 0 Å². The van der Waals surface area contributed by atoms with Crippen molar-refractivity contribution >= 4 is 15.9 Å². The summed E-state index contributed by atoms with van der Waals surface area (Å²) in [7, 11) is 0. The van der Waals surface area contributed by atoms with E-state index < -0.39 is 0 Å². The molecular weight excluding hydrogens is 308 g/mol. The molecule has 0 aliphatic carbocycles. The van der Waals surface area contributed by atoms with Gasteiger partial charge in [-0.1, -0.05) is 13.8 Å². The van der Waals surface area contributed by atoms with Gasteiger partial charge < -0.3 is 4.74 Å². The Balaban J connectivity index is 2.75. The van der Waals surface area contributed by atoms with Crippen LogP contribution in [0, 0.1) is 0 Å². The van der Waals surface area contributed by atoms with E-state index in [9.17, 15) is 0 Å². The Morgan fingerprint density at radius 1 is 1.42 bits per heavy atom. The van der Waals surface area contributed by atoms with E-state index in [-0.39, 0.29) is 6.04 Å². The van der Waals surface area contributed by atoms with Crippen molar-refractivity contribution in [1.29, 1.82) is 0 Å². The first-order valence-corrected chi connectivity index (χ1v) is 7.75. The molecule has 1 heterocycles. The van der Waals surface area contributed by atoms with Crippen molar-refractivity contribution in [3.05, 3.63) is 15.9 Å². The van der Waals surface area contributed by atoms with Crippen LogP contribution in [-0.2, 0) is 24.1 Å². The number of halogens is 1. The topological polar surface area (TPSA) is 65.1 Å². The normalized spacial score (nSPS) is 12.9. The van der Waals surface area contributed by atoms with E-state index in [2.05, 4.69) is 47.2 Å². The second kappa shape index (κ2) is 8.68. The molecule has 5 nitrogen and oxygen atoms in total. The average Bonchev–Trinajstić information content (AvgIpc) is 2.74. The molecule has 0 aliphatic rings. The van der Waals surface area contributed by atoms with Crippen LogP contribution in [-0.4, -0.2) is 29.0 Å². The molecule has 19 heavy (non-hydrogen) atoms. The van der Waals surface area contributed by atoms with Crippen LogP contribution in [0.4, 0.5) is 0 Å². The number of nitrogens with one attached hydrogen (secondary N) is 1. The van der Waals surface area contributed by atoms with Gasteiger partial charge in [0, 0.05) is 25.6 Å². The Kier molecular flexibility index (Phi) is 7.60. The SMILES string of the molecule is CCCOCC(Cc1c(Br)c(CC)nn1CC)NN. The lowest BCUT2D eigenvalue weighted by Crippen LogP contribution is -2.41. The number of ether oxygens (including phenoxy) is 1. The van der Waals surface area contributed by atoms with Gasteiger partial charge in [0.2, 0.25) is 0 Å². The quantitative estimate of drug-likeness (QED) is 0.412. The van der Waals surface area contributed by atoms with Crippen molar-refractivity contribution in [2.45, 2.75) is 52.6 Å². The highest BCUT2D eigenvalue weighted by molar-refractivity contribution is 9.10. The molecule has 3 N–H and O–H groups in total. The predicted molar refractivity (Wildman–Crippen MR) is 80.9 cm³/mol. The number of hydrazine groups is 1. The lowest BCUT2D eigenvalue weighted by atomic mass is 10.1. The molecule has 1 aromatic heterocycles. The smallest absolute Gasteiger partial charge is 0.0766 e. The minimum atomic E-state index is 0.106. The predicted octanol–water partition coefficient (Wildman–Crippen LogP) is 2.03. The number of nitrogens with zero attached hydrogens (tertiary/aromatic N) is 2. The van der Waals surface area contributed by atoms with Crippen molar-refractivity contribution < 1.29 is 4.74 Å². The molecule has 0 bridgehead atoms. The number of hydrogen-bond donors (Lipinski definition) is 2. The van der Waals surface area contributed by atoms with Gasteiger partial charge in [0.15, 0.2) is 0 Å². The van der Waals surface area contributed by atoms with Crippen LogP contribution in [0.25, 0.3) is 0 Å². The summed E-state index contributed by atoms with van der Waals surface area (Å²) in [5, 5.41) is 4.59. The van der Waals surface area contributed by atoms with Gasteiger partial charge in [-0.05, 0) is 35.7 Å². The molecule has 0 radical (unpaired) electrons. The maximum absolute atomic E-state index is 5.61. The van der Waals surface area contributed by atoms with Crippen molar-refractivity contribution in [2.24, 2.45) is 5.84 Å². The molecule has 0 fully saturated rings. The van der Waals surface area contributed by atoms with Crippen molar-refractivity contribution in [1.82, 2.24) is 15.2 Å². The molecule has 0 saturated carbocycles. The average molecular weight is 333 g/mol. The van der Waals surface area contributed by atoms with Crippen molar-refractivity contribution in [2.75, 3.05) is 13.2 Å². The lowest BCUT2D eigenvalue weighted by molar-refractivity contribution is 0.111. The van der Waals surface area contributed by atoms with E-state index in [1.807, 2.05) is 4.68 Å². The number of hydrogen-bond acceptors (Lipinski definition) is 4. The summed E-state index contributed by atoms with van der Waals surface area (Å²) >= 11 is 3.65. The summed E-state index contributed by atoms with van der Waals surface area (Å²) in [6, 6.07) is 0.106. The second-order valence-corrected chi connectivity index (χ2v) is 5.31. The zero-order chi connectivity index (χ0) is 14.3. The highest BCUT2D eigenvalue weighted by Crippen LogP contribution is 2.23. The van der Waals surface area contributed by atoms with Crippen LogP contribution in [0.3, 0.4) is 0 Å². The third-order valence-corrected chi connectivity index (χ3v) is 3.95. The Hall–Kier alpha value is -0.430. The van der Waals surface area contributed by atoms with Crippen LogP contribution < -0.4 is 11.3 Å². The van der Waals surface area contributed by atoms with E-state index in [0.717, 1.165) is 42.6 Å². The van der Waals surface area contributed by atoms with E-state index in [0.29, 0.717) is 6.61 Å². The van der Waals surface area contributed by atoms with Crippen LogP contribution in [0.1, 0.15) is 38.6 Å². The third-order valence-electron chi connectivity index (χ3n) is 3.04. The minimum absolute atomic E-state index is 0.106. The van der Waals surface area contributed by atoms with Crippen LogP contribution in [0.5, 0.6) is 0 Å². The summed E-state index contributed by atoms with van der Waals surface area (Å²) < 4.78 is 8.71. The molecule has 0 spiro atoms. The van der Waals surface area contributed by atoms with Gasteiger partial charge >= 0.3 is 0 Å². The van der Waals surface area contributed by atoms with Crippen LogP contribution in [0.15, 0.2) is 4.47 Å². The highest BCUT2D eigenvalue weighted by Gasteiger charge is 2.18. The zero-order valence-corrected chi connectivity index (χ0v) is 13.7. The summed E-state index contributed by atoms with van der Waals surface area (Å²) in [5.74, 6) is 5.61. The fourth-order valence-electron chi connectivity index (χ4n) is 1.98. The molecule has 110 valence electrons. The number of aryl methyl sites for hydroxylation is 2. The van der Waals surface area contributed by atoms with Gasteiger partial charge in [-0.3, -0.25) is 16.0 Å². The standard InChI is InChI=1S/C13H25BrN4O/c1-4-7-19-9-10(16-15)8-12-13(14)11(5-2)17-18(12)6-3/h10,16H,4-9,15H2,1-3H3. The summed E-state index contributed by atoms with van der Waals surface area (Å²) in [4.78, 5) is 0. The molecule has 0 amide bonds. The number of aromatic nitrogens is 2. The Morgan fingerprint density at radius 3 is 2.68 bits per heavy atom. The summed E-state index contributed by atoms with van der Waals surface area (Å²) in [5.41, 5.74) is 5.11. The zero-order valence-electron chi connectivity index (χ0n) is 12.1. The van der Waals surface area contributed by atoms with Gasteiger partial charge in [-0.25, -0.2) is 0 Å². The molecule has 0 aliphatic heterocycles. The molecule has 0 saturated heterocycles. The first kappa shape index (κ1) is 16.6. The molecule has 1 atom stereocenters. The number of nitrogens with two attached hydrogens (primary N) is 1. The van der Waals surface area contributed by atoms with E-state index in [4.69, 9.17) is 10.6 Å². The molecule has 1 unspecified atom stereocenters. The molecule has 0 aromatic carbocycles. The minimum Gasteiger partial charge on any atom is -0.380 e. The monoisotopic (exact) mass is 332 g/mol. The third kappa shape index (κ3) is 4.56. The van der Waals surface area contributed by atoms with Crippen LogP contribution in [0.2, 0.25) is 0 Å². The van der Waals surface area contributed by atoms with Gasteiger partial charge in [-0.15, -0.1) is 0 Å². The maximum atomic E-state index is 5.61. The first-order chi connectivity index (χ1) is 9.17. The molecule has 6 heteroatoms. The fraction of sp³-hybridized carbons (Fsp3) is 0.769. The van der Waals surface area contributed by atoms with Crippen LogP contribution >= 0.6 is 15.9 Å². The highest BCUT2D eigenvalue weighted by atomic mass is 79.9. The van der Waals surface area contributed by atoms with Gasteiger partial charge in [0.25, 0.3) is 0 Å². The first-order valence-electron chi connectivity index (χ1n) is 6.95. The lowest BCUT2D eigenvalue weighted by Gasteiger charge is -2.17. The van der Waals surface area contributed by atoms with E-state index >= 15 is 0 Å². The van der Waals surface area contributed by atoms with Crippen molar-refractivity contribution in [3.8, 4) is 0 Å². The largest absolute Gasteiger partial charge is 0.380 e. The fourth-order valence-corrected chi connectivity index (χ4v) is 2.71. The second-order valence-electron chi connectivity index (χ2n) is 4.52. The Bertz CT molecular complexity index is 381. The van der Waals surface area contributed by atoms with Crippen molar-refractivity contribution in [3.63, 3.8) is 0 Å². The molecule has 1 rings (SSSR count). The number of rotatable bonds is 9. The summed E-state index contributed by atoms with van der Waals surface area (Å²) in [6.07, 6.45) is 2.75. The van der Waals surface area contributed by atoms with E-state index in [1.165, 1.54) is 5.69 Å². The van der Waals surface area contributed by atoms with Gasteiger partial charge in [0.05, 0.1) is 22.5 Å². The Morgan fingerprint density at radius 2 is 2.16 bits per heavy atom. The molecule has 1 aromatic rings. The van der Waals surface area contributed by atoms with Gasteiger partial charge in [0.1, 0.15) is 0 Å². The molecular formula is C13H25BrN4O. The Labute approximate surface area is 124 Å². The summed E-state index contributed by atoms with van der Waals surface area (Å²) in [6.45, 7) is 8.56. The maximum Gasteiger partial charge on any atom is 0.0766 e.